The fourth-order valence-electron chi connectivity index (χ4n) is 6.01. The normalized spacial score (nSPS) is 32.0. The summed E-state index contributed by atoms with van der Waals surface area (Å²) in [6, 6.07) is -0.654. The van der Waals surface area contributed by atoms with Gasteiger partial charge in [-0.25, -0.2) is 0 Å². The Bertz CT molecular complexity index is 824. The second-order valence-corrected chi connectivity index (χ2v) is 12.2. The van der Waals surface area contributed by atoms with Crippen LogP contribution in [0.5, 0.6) is 0 Å². The summed E-state index contributed by atoms with van der Waals surface area (Å²) in [4.78, 5) is 44.8. The van der Waals surface area contributed by atoms with Gasteiger partial charge >= 0.3 is 5.97 Å². The molecule has 0 radical (unpaired) electrons. The maximum atomic E-state index is 14.2. The highest BCUT2D eigenvalue weighted by atomic mass is 32.2. The van der Waals surface area contributed by atoms with Gasteiger partial charge in [-0.05, 0) is 52.4 Å². The molecule has 7 nitrogen and oxygen atoms in total. The molecule has 3 aliphatic heterocycles. The van der Waals surface area contributed by atoms with E-state index in [0.717, 1.165) is 6.42 Å². The first-order chi connectivity index (χ1) is 16.1. The Morgan fingerprint density at radius 1 is 1.29 bits per heavy atom. The molecular formula is C26H40N2O5S. The van der Waals surface area contributed by atoms with Crippen LogP contribution in [0.1, 0.15) is 53.4 Å². The maximum Gasteiger partial charge on any atom is 0.310 e. The summed E-state index contributed by atoms with van der Waals surface area (Å²) in [7, 11) is 0. The van der Waals surface area contributed by atoms with Crippen molar-refractivity contribution < 1.29 is 24.2 Å². The van der Waals surface area contributed by atoms with Crippen LogP contribution in [0.25, 0.3) is 0 Å². The van der Waals surface area contributed by atoms with Crippen LogP contribution in [-0.2, 0) is 19.1 Å². The van der Waals surface area contributed by atoms with Gasteiger partial charge in [-0.3, -0.25) is 14.4 Å². The molecule has 3 heterocycles. The summed E-state index contributed by atoms with van der Waals surface area (Å²) in [6.07, 6.45) is 5.91. The number of likely N-dealkylation sites (tertiary alicyclic amines) is 1. The molecule has 1 N–H and O–H groups in total. The second-order valence-electron chi connectivity index (χ2n) is 10.7. The van der Waals surface area contributed by atoms with Crippen molar-refractivity contribution in [1.29, 1.82) is 0 Å². The average molecular weight is 493 g/mol. The van der Waals surface area contributed by atoms with Gasteiger partial charge in [0.1, 0.15) is 6.04 Å². The highest BCUT2D eigenvalue weighted by Crippen LogP contribution is 2.68. The Kier molecular flexibility index (Phi) is 8.23. The quantitative estimate of drug-likeness (QED) is 0.271. The van der Waals surface area contributed by atoms with Gasteiger partial charge in [0.2, 0.25) is 11.8 Å². The standard InChI is InChI=1S/C26H40N2O5S/c1-7-9-15-33-24(32)19-18-16-17(3)26(34-18)20(19)22(30)27(13-10-11-14-29)21(26)23(31)28(12-8-2)25(4,5)6/h7-8,17-21,29H,1-2,9-16H2,3-6H3/t17?,18-,19+,20-,21?,26?/m0/s1. The van der Waals surface area contributed by atoms with Crippen LogP contribution in [0, 0.1) is 17.8 Å². The molecule has 0 saturated carbocycles. The molecular weight excluding hydrogens is 452 g/mol. The summed E-state index contributed by atoms with van der Waals surface area (Å²) >= 11 is 1.66. The van der Waals surface area contributed by atoms with Crippen LogP contribution in [0.2, 0.25) is 0 Å². The zero-order valence-electron chi connectivity index (χ0n) is 21.0. The third kappa shape index (κ3) is 4.43. The highest BCUT2D eigenvalue weighted by Gasteiger charge is 2.76. The number of nitrogens with zero attached hydrogens (tertiary/aromatic N) is 2. The molecule has 0 aliphatic carbocycles. The van der Waals surface area contributed by atoms with Crippen molar-refractivity contribution >= 4 is 29.5 Å². The van der Waals surface area contributed by atoms with E-state index in [0.29, 0.717) is 32.4 Å². The van der Waals surface area contributed by atoms with Crippen LogP contribution in [0.4, 0.5) is 0 Å². The smallest absolute Gasteiger partial charge is 0.310 e. The number of unbranched alkanes of at least 4 members (excludes halogenated alkanes) is 1. The highest BCUT2D eigenvalue weighted by molar-refractivity contribution is 8.02. The van der Waals surface area contributed by atoms with E-state index < -0.39 is 28.2 Å². The molecule has 2 bridgehead atoms. The van der Waals surface area contributed by atoms with Crippen molar-refractivity contribution in [3.63, 3.8) is 0 Å². The SMILES string of the molecule is C=CCCOC(=O)[C@@H]1[C@@H]2CC(C)C3(S2)C(C(=O)N(CC=C)C(C)(C)C)N(CCCCO)C(=O)[C@H]13. The molecule has 34 heavy (non-hydrogen) atoms. The predicted octanol–water partition coefficient (Wildman–Crippen LogP) is 3.03. The molecule has 0 aromatic carbocycles. The van der Waals surface area contributed by atoms with Crippen molar-refractivity contribution in [2.24, 2.45) is 17.8 Å². The molecule has 190 valence electrons. The minimum Gasteiger partial charge on any atom is -0.465 e. The molecule has 0 aromatic heterocycles. The first-order valence-corrected chi connectivity index (χ1v) is 13.2. The number of thioether (sulfide) groups is 1. The van der Waals surface area contributed by atoms with E-state index in [-0.39, 0.29) is 42.2 Å². The van der Waals surface area contributed by atoms with E-state index >= 15 is 0 Å². The van der Waals surface area contributed by atoms with Crippen molar-refractivity contribution in [3.8, 4) is 0 Å². The van der Waals surface area contributed by atoms with Gasteiger partial charge in [-0.2, -0.15) is 0 Å². The van der Waals surface area contributed by atoms with Gasteiger partial charge in [0, 0.05) is 30.5 Å². The lowest BCUT2D eigenvalue weighted by Crippen LogP contribution is -2.60. The van der Waals surface area contributed by atoms with E-state index in [1.807, 2.05) is 20.8 Å². The number of rotatable bonds is 11. The molecule has 3 aliphatic rings. The molecule has 3 fully saturated rings. The number of aliphatic hydroxyl groups excluding tert-OH is 1. The Labute approximate surface area is 208 Å². The lowest BCUT2D eigenvalue weighted by molar-refractivity contribution is -0.154. The molecule has 2 amide bonds. The number of carbonyl (C=O) groups excluding carboxylic acids is 3. The zero-order chi connectivity index (χ0) is 25.3. The van der Waals surface area contributed by atoms with Crippen LogP contribution in [0.3, 0.4) is 0 Å². The van der Waals surface area contributed by atoms with Gasteiger partial charge in [-0.15, -0.1) is 24.9 Å². The summed E-state index contributed by atoms with van der Waals surface area (Å²) in [5.41, 5.74) is -0.451. The monoisotopic (exact) mass is 492 g/mol. The molecule has 3 saturated heterocycles. The van der Waals surface area contributed by atoms with E-state index in [4.69, 9.17) is 4.74 Å². The number of hydrogen-bond acceptors (Lipinski definition) is 6. The van der Waals surface area contributed by atoms with Gasteiger partial charge < -0.3 is 19.6 Å². The first kappa shape index (κ1) is 26.8. The molecule has 6 atom stereocenters. The third-order valence-corrected chi connectivity index (χ3v) is 9.59. The number of fused-ring (bicyclic) bond motifs is 1. The summed E-state index contributed by atoms with van der Waals surface area (Å²) < 4.78 is 4.88. The Hall–Kier alpha value is -1.80. The number of amides is 2. The minimum absolute atomic E-state index is 0.0300. The Morgan fingerprint density at radius 2 is 2.00 bits per heavy atom. The van der Waals surface area contributed by atoms with Crippen LogP contribution in [0.15, 0.2) is 25.3 Å². The lowest BCUT2D eigenvalue weighted by atomic mass is 9.66. The predicted molar refractivity (Wildman–Crippen MR) is 134 cm³/mol. The van der Waals surface area contributed by atoms with E-state index in [2.05, 4.69) is 20.1 Å². The fourth-order valence-corrected chi connectivity index (χ4v) is 8.42. The van der Waals surface area contributed by atoms with E-state index in [1.165, 1.54) is 0 Å². The Morgan fingerprint density at radius 3 is 2.59 bits per heavy atom. The van der Waals surface area contributed by atoms with E-state index in [9.17, 15) is 19.5 Å². The number of esters is 1. The van der Waals surface area contributed by atoms with Gasteiger partial charge in [-0.1, -0.05) is 19.1 Å². The molecule has 1 spiro atoms. The second kappa shape index (κ2) is 10.4. The van der Waals surface area contributed by atoms with Crippen molar-refractivity contribution in [2.75, 3.05) is 26.3 Å². The van der Waals surface area contributed by atoms with Gasteiger partial charge in [0.25, 0.3) is 0 Å². The zero-order valence-corrected chi connectivity index (χ0v) is 21.8. The molecule has 0 aromatic rings. The number of hydrogen-bond donors (Lipinski definition) is 1. The molecule has 8 heteroatoms. The average Bonchev–Trinajstić information content (AvgIpc) is 3.35. The van der Waals surface area contributed by atoms with Crippen LogP contribution in [-0.4, -0.2) is 80.6 Å². The third-order valence-electron chi connectivity index (χ3n) is 7.51. The first-order valence-electron chi connectivity index (χ1n) is 12.3. The van der Waals surface area contributed by atoms with Crippen LogP contribution < -0.4 is 0 Å². The largest absolute Gasteiger partial charge is 0.465 e. The van der Waals surface area contributed by atoms with Crippen molar-refractivity contribution in [1.82, 2.24) is 9.80 Å². The number of carbonyl (C=O) groups is 3. The molecule has 3 unspecified atom stereocenters. The minimum atomic E-state index is -0.662. The van der Waals surface area contributed by atoms with Crippen molar-refractivity contribution in [3.05, 3.63) is 25.3 Å². The fraction of sp³-hybridized carbons (Fsp3) is 0.731. The lowest BCUT2D eigenvalue weighted by Gasteiger charge is -2.44. The summed E-state index contributed by atoms with van der Waals surface area (Å²) in [6.45, 7) is 16.6. The van der Waals surface area contributed by atoms with Gasteiger partial charge in [0.15, 0.2) is 0 Å². The summed E-state index contributed by atoms with van der Waals surface area (Å²) in [5, 5.41) is 9.28. The van der Waals surface area contributed by atoms with Crippen LogP contribution >= 0.6 is 11.8 Å². The van der Waals surface area contributed by atoms with Crippen molar-refractivity contribution in [2.45, 2.75) is 75.0 Å². The van der Waals surface area contributed by atoms with E-state index in [1.54, 1.807) is 33.7 Å². The maximum absolute atomic E-state index is 14.2. The molecule has 3 rings (SSSR count). The summed E-state index contributed by atoms with van der Waals surface area (Å²) in [5.74, 6) is -1.57. The topological polar surface area (TPSA) is 87.2 Å². The number of ether oxygens (including phenoxy) is 1. The number of aliphatic hydroxyl groups is 1. The Balaban J connectivity index is 2.03. The van der Waals surface area contributed by atoms with Gasteiger partial charge in [0.05, 0.1) is 23.2 Å².